The van der Waals surface area contributed by atoms with Crippen molar-refractivity contribution < 1.29 is 38.1 Å². The molecule has 12 heteroatoms. The predicted octanol–water partition coefficient (Wildman–Crippen LogP) is 6.13. The van der Waals surface area contributed by atoms with Crippen LogP contribution in [0.25, 0.3) is 0 Å². The second kappa shape index (κ2) is 31.6. The summed E-state index contributed by atoms with van der Waals surface area (Å²) in [6.07, 6.45) is 6.22. The smallest absolute Gasteiger partial charge is 0.407 e. The maximum absolute atomic E-state index is 11.5. The fourth-order valence-electron chi connectivity index (χ4n) is 2.70. The van der Waals surface area contributed by atoms with Crippen LogP contribution in [0.15, 0.2) is 0 Å². The number of carbonyl (C=O) groups is 4. The van der Waals surface area contributed by atoms with Crippen LogP contribution in [-0.4, -0.2) is 76.5 Å². The normalized spacial score (nSPS) is 10.6. The Kier molecular flexibility index (Phi) is 32.8. The van der Waals surface area contributed by atoms with Crippen LogP contribution in [0, 0.1) is 5.92 Å². The first-order valence-electron chi connectivity index (χ1n) is 14.9. The summed E-state index contributed by atoms with van der Waals surface area (Å²) in [4.78, 5) is 45.4. The monoisotopic (exact) mass is 592 g/mol. The van der Waals surface area contributed by atoms with E-state index in [0.717, 1.165) is 51.4 Å². The molecule has 12 nitrogen and oxygen atoms in total. The molecule has 4 N–H and O–H groups in total. The minimum Gasteiger partial charge on any atom is -0.449 e. The first kappa shape index (κ1) is 42.5. The van der Waals surface area contributed by atoms with Gasteiger partial charge in [-0.15, -0.1) is 0 Å². The van der Waals surface area contributed by atoms with Crippen LogP contribution in [0.4, 0.5) is 19.2 Å². The molecule has 0 aromatic rings. The molecule has 41 heavy (non-hydrogen) atoms. The lowest BCUT2D eigenvalue weighted by Gasteiger charge is -2.16. The molecule has 0 spiro atoms. The molecule has 0 aliphatic heterocycles. The second-order valence-corrected chi connectivity index (χ2v) is 9.46. The van der Waals surface area contributed by atoms with Crippen LogP contribution < -0.4 is 21.3 Å². The van der Waals surface area contributed by atoms with Gasteiger partial charge in [0.05, 0.1) is 13.2 Å². The molecule has 1 unspecified atom stereocenters. The van der Waals surface area contributed by atoms with Gasteiger partial charge in [0.25, 0.3) is 0 Å². The highest BCUT2D eigenvalue weighted by atomic mass is 16.6. The highest BCUT2D eigenvalue weighted by Crippen LogP contribution is 2.01. The topological polar surface area (TPSA) is 153 Å². The van der Waals surface area contributed by atoms with Crippen molar-refractivity contribution in [3.05, 3.63) is 0 Å². The molecule has 244 valence electrons. The summed E-state index contributed by atoms with van der Waals surface area (Å²) < 4.78 is 20.2. The van der Waals surface area contributed by atoms with E-state index < -0.39 is 30.5 Å². The lowest BCUT2D eigenvalue weighted by Crippen LogP contribution is -2.34. The third-order valence-corrected chi connectivity index (χ3v) is 5.33. The number of hydrogen-bond donors (Lipinski definition) is 4. The van der Waals surface area contributed by atoms with E-state index in [-0.39, 0.29) is 33.2 Å². The standard InChI is InChI=1S/2C14H28N2O4.CH4/c1-4-6-8-15-13(17)19-10-12(3)11-20-14(18)16-9-7-5-2;1-4-7-9-15-13(17)19-11-12(6-3)20-14(18)16-10-8-5-2;/h2*12H,4-11H2,1-3H3,(H,15,17)(H,16,18);1H4. The van der Waals surface area contributed by atoms with Crippen molar-refractivity contribution in [3.8, 4) is 0 Å². The Labute approximate surface area is 248 Å². The third-order valence-electron chi connectivity index (χ3n) is 5.33. The molecular weight excluding hydrogens is 532 g/mol. The molecule has 0 aliphatic rings. The van der Waals surface area contributed by atoms with E-state index >= 15 is 0 Å². The molecule has 0 radical (unpaired) electrons. The highest BCUT2D eigenvalue weighted by molar-refractivity contribution is 5.68. The van der Waals surface area contributed by atoms with Crippen LogP contribution in [0.1, 0.15) is 107 Å². The van der Waals surface area contributed by atoms with Crippen molar-refractivity contribution in [1.82, 2.24) is 21.3 Å². The van der Waals surface area contributed by atoms with E-state index in [1.165, 1.54) is 0 Å². The van der Waals surface area contributed by atoms with Gasteiger partial charge in [-0.2, -0.15) is 0 Å². The minimum absolute atomic E-state index is 0. The van der Waals surface area contributed by atoms with E-state index in [4.69, 9.17) is 18.9 Å². The van der Waals surface area contributed by atoms with Gasteiger partial charge in [0.1, 0.15) is 12.7 Å². The van der Waals surface area contributed by atoms with Crippen LogP contribution in [0.3, 0.4) is 0 Å². The number of amides is 4. The van der Waals surface area contributed by atoms with Gasteiger partial charge in [-0.3, -0.25) is 0 Å². The fraction of sp³-hybridized carbons (Fsp3) is 0.862. The summed E-state index contributed by atoms with van der Waals surface area (Å²) in [7, 11) is 0. The molecule has 0 saturated heterocycles. The summed E-state index contributed by atoms with van der Waals surface area (Å²) in [6.45, 7) is 14.9. The van der Waals surface area contributed by atoms with Crippen LogP contribution in [0.5, 0.6) is 0 Å². The van der Waals surface area contributed by atoms with Gasteiger partial charge in [0.2, 0.25) is 0 Å². The average molecular weight is 593 g/mol. The van der Waals surface area contributed by atoms with E-state index in [0.29, 0.717) is 32.6 Å². The van der Waals surface area contributed by atoms with Gasteiger partial charge in [-0.25, -0.2) is 19.2 Å². The number of nitrogens with one attached hydrogen (secondary N) is 4. The predicted molar refractivity (Wildman–Crippen MR) is 162 cm³/mol. The van der Waals surface area contributed by atoms with Crippen molar-refractivity contribution >= 4 is 24.4 Å². The van der Waals surface area contributed by atoms with Gasteiger partial charge in [-0.1, -0.05) is 74.7 Å². The van der Waals surface area contributed by atoms with Crippen molar-refractivity contribution in [2.75, 3.05) is 46.0 Å². The first-order valence-corrected chi connectivity index (χ1v) is 14.9. The summed E-state index contributed by atoms with van der Waals surface area (Å²) >= 11 is 0. The van der Waals surface area contributed by atoms with E-state index in [1.54, 1.807) is 0 Å². The summed E-state index contributed by atoms with van der Waals surface area (Å²) in [5.74, 6) is -0.0242. The number of alkyl carbamates (subject to hydrolysis) is 4. The zero-order valence-electron chi connectivity index (χ0n) is 25.7. The summed E-state index contributed by atoms with van der Waals surface area (Å²) in [6, 6.07) is 0. The zero-order chi connectivity index (χ0) is 30.4. The second-order valence-electron chi connectivity index (χ2n) is 9.46. The Morgan fingerprint density at radius 1 is 0.537 bits per heavy atom. The molecule has 0 aliphatic carbocycles. The number of ether oxygens (including phenoxy) is 4. The van der Waals surface area contributed by atoms with Gasteiger partial charge < -0.3 is 40.2 Å². The number of rotatable bonds is 20. The molecule has 0 aromatic heterocycles. The number of carbonyl (C=O) groups excluding carboxylic acids is 4. The number of unbranched alkanes of at least 4 members (excludes halogenated alkanes) is 4. The van der Waals surface area contributed by atoms with Gasteiger partial charge in [0.15, 0.2) is 0 Å². The average Bonchev–Trinajstić information content (AvgIpc) is 2.94. The van der Waals surface area contributed by atoms with E-state index in [9.17, 15) is 19.2 Å². The van der Waals surface area contributed by atoms with E-state index in [1.807, 2.05) is 27.7 Å². The van der Waals surface area contributed by atoms with Gasteiger partial charge in [0, 0.05) is 32.1 Å². The lowest BCUT2D eigenvalue weighted by atomic mass is 10.2. The van der Waals surface area contributed by atoms with Crippen LogP contribution in [0.2, 0.25) is 0 Å². The van der Waals surface area contributed by atoms with E-state index in [2.05, 4.69) is 35.1 Å². The van der Waals surface area contributed by atoms with Crippen molar-refractivity contribution in [1.29, 1.82) is 0 Å². The molecule has 0 heterocycles. The SMILES string of the molecule is C.CCCCNC(=O)OCC(C)COC(=O)NCCCC.CCCCNC(=O)OCC(CC)OC(=O)NCCCC. The first-order chi connectivity index (χ1) is 19.2. The van der Waals surface area contributed by atoms with Crippen LogP contribution in [-0.2, 0) is 18.9 Å². The van der Waals surface area contributed by atoms with Crippen molar-refractivity contribution in [2.45, 2.75) is 113 Å². The minimum atomic E-state index is -0.466. The Bertz CT molecular complexity index is 626. The van der Waals surface area contributed by atoms with Crippen molar-refractivity contribution in [3.63, 3.8) is 0 Å². The zero-order valence-corrected chi connectivity index (χ0v) is 25.7. The molecule has 1 atom stereocenters. The van der Waals surface area contributed by atoms with Crippen molar-refractivity contribution in [2.24, 2.45) is 5.92 Å². The molecule has 4 amide bonds. The molecule has 0 aromatic carbocycles. The highest BCUT2D eigenvalue weighted by Gasteiger charge is 2.14. The molecule has 0 rings (SSSR count). The maximum Gasteiger partial charge on any atom is 0.407 e. The molecular formula is C29H60N4O8. The Morgan fingerprint density at radius 2 is 0.854 bits per heavy atom. The van der Waals surface area contributed by atoms with Gasteiger partial charge in [-0.05, 0) is 32.1 Å². The lowest BCUT2D eigenvalue weighted by molar-refractivity contribution is 0.0425. The summed E-state index contributed by atoms with van der Waals surface area (Å²) in [5, 5.41) is 10.6. The molecule has 0 saturated carbocycles. The fourth-order valence-corrected chi connectivity index (χ4v) is 2.70. The Morgan fingerprint density at radius 3 is 1.17 bits per heavy atom. The molecule has 0 fully saturated rings. The molecule has 0 bridgehead atoms. The van der Waals surface area contributed by atoms with Crippen LogP contribution >= 0.6 is 0 Å². The maximum atomic E-state index is 11.5. The Hall–Kier alpha value is -2.92. The summed E-state index contributed by atoms with van der Waals surface area (Å²) in [5.41, 5.74) is 0. The van der Waals surface area contributed by atoms with Gasteiger partial charge >= 0.3 is 24.4 Å². The quantitative estimate of drug-likeness (QED) is 0.0973. The largest absolute Gasteiger partial charge is 0.449 e. The third kappa shape index (κ3) is 31.5. The Balaban J connectivity index is -0.000000688. The number of hydrogen-bond acceptors (Lipinski definition) is 8.